The lowest BCUT2D eigenvalue weighted by molar-refractivity contribution is 0.414. The quantitative estimate of drug-likeness (QED) is 0.500. The van der Waals surface area contributed by atoms with Crippen molar-refractivity contribution < 1.29 is 4.74 Å². The van der Waals surface area contributed by atoms with Crippen LogP contribution in [0.1, 0.15) is 17.2 Å². The van der Waals surface area contributed by atoms with E-state index in [-0.39, 0.29) is 6.04 Å². The van der Waals surface area contributed by atoms with Gasteiger partial charge in [-0.1, -0.05) is 24.3 Å². The molecule has 0 fully saturated rings. The van der Waals surface area contributed by atoms with Gasteiger partial charge in [-0.2, -0.15) is 0 Å². The maximum Gasteiger partial charge on any atom is 0.118 e. The third kappa shape index (κ3) is 3.29. The Morgan fingerprint density at radius 3 is 1.95 bits per heavy atom. The standard InChI is InChI=1S/C15H18N2OS/c1-18-13-7-3-11(4-8-13)15(17-16)12-5-9-14(19-2)10-6-12/h3-10,15,17H,16H2,1-2H3. The number of nitrogens with two attached hydrogens (primary N) is 1. The van der Waals surface area contributed by atoms with Crippen molar-refractivity contribution in [1.82, 2.24) is 5.43 Å². The summed E-state index contributed by atoms with van der Waals surface area (Å²) in [5.41, 5.74) is 5.12. The number of nitrogens with one attached hydrogen (secondary N) is 1. The van der Waals surface area contributed by atoms with Crippen LogP contribution < -0.4 is 16.0 Å². The number of methoxy groups -OCH3 is 1. The van der Waals surface area contributed by atoms with E-state index in [1.165, 1.54) is 4.90 Å². The Hall–Kier alpha value is -1.49. The second-order valence-corrected chi connectivity index (χ2v) is 5.03. The normalized spacial score (nSPS) is 12.2. The van der Waals surface area contributed by atoms with Gasteiger partial charge in [-0.15, -0.1) is 11.8 Å². The number of hydrazine groups is 1. The maximum atomic E-state index is 5.69. The van der Waals surface area contributed by atoms with Gasteiger partial charge in [-0.25, -0.2) is 5.43 Å². The van der Waals surface area contributed by atoms with Gasteiger partial charge < -0.3 is 4.74 Å². The first-order valence-corrected chi connectivity index (χ1v) is 7.25. The summed E-state index contributed by atoms with van der Waals surface area (Å²) in [5, 5.41) is 0. The molecule has 1 atom stereocenters. The molecule has 2 aromatic carbocycles. The molecule has 100 valence electrons. The van der Waals surface area contributed by atoms with Gasteiger partial charge in [-0.3, -0.25) is 5.84 Å². The molecule has 0 spiro atoms. The molecule has 0 aliphatic heterocycles. The van der Waals surface area contributed by atoms with E-state index in [4.69, 9.17) is 10.6 Å². The Morgan fingerprint density at radius 2 is 1.53 bits per heavy atom. The fourth-order valence-corrected chi connectivity index (χ4v) is 2.39. The third-order valence-corrected chi connectivity index (χ3v) is 3.81. The maximum absolute atomic E-state index is 5.69. The van der Waals surface area contributed by atoms with Crippen molar-refractivity contribution in [3.63, 3.8) is 0 Å². The molecule has 3 N–H and O–H groups in total. The largest absolute Gasteiger partial charge is 0.497 e. The highest BCUT2D eigenvalue weighted by Gasteiger charge is 2.12. The van der Waals surface area contributed by atoms with E-state index in [1.807, 2.05) is 24.3 Å². The van der Waals surface area contributed by atoms with Crippen LogP contribution in [0.5, 0.6) is 5.75 Å². The summed E-state index contributed by atoms with van der Waals surface area (Å²) in [7, 11) is 1.66. The van der Waals surface area contributed by atoms with Crippen molar-refractivity contribution in [3.8, 4) is 5.75 Å². The fraction of sp³-hybridized carbons (Fsp3) is 0.200. The van der Waals surface area contributed by atoms with E-state index in [9.17, 15) is 0 Å². The van der Waals surface area contributed by atoms with Gasteiger partial charge in [0.2, 0.25) is 0 Å². The molecule has 0 heterocycles. The summed E-state index contributed by atoms with van der Waals surface area (Å²) < 4.78 is 5.16. The molecule has 4 heteroatoms. The first-order chi connectivity index (χ1) is 9.28. The number of thioether (sulfide) groups is 1. The average molecular weight is 274 g/mol. The summed E-state index contributed by atoms with van der Waals surface area (Å²) in [4.78, 5) is 1.24. The Kier molecular flexibility index (Phi) is 4.85. The highest BCUT2D eigenvalue weighted by atomic mass is 32.2. The predicted octanol–water partition coefficient (Wildman–Crippen LogP) is 2.97. The van der Waals surface area contributed by atoms with Gasteiger partial charge in [-0.05, 0) is 41.6 Å². The first-order valence-electron chi connectivity index (χ1n) is 6.02. The number of benzene rings is 2. The van der Waals surface area contributed by atoms with Crippen molar-refractivity contribution in [2.45, 2.75) is 10.9 Å². The van der Waals surface area contributed by atoms with E-state index in [0.717, 1.165) is 16.9 Å². The highest BCUT2D eigenvalue weighted by molar-refractivity contribution is 7.98. The first kappa shape index (κ1) is 13.9. The summed E-state index contributed by atoms with van der Waals surface area (Å²) in [6, 6.07) is 16.3. The zero-order chi connectivity index (χ0) is 13.7. The lowest BCUT2D eigenvalue weighted by Gasteiger charge is -2.17. The summed E-state index contributed by atoms with van der Waals surface area (Å²) in [5.74, 6) is 6.54. The molecular formula is C15H18N2OS. The van der Waals surface area contributed by atoms with Crippen molar-refractivity contribution in [2.75, 3.05) is 13.4 Å². The fourth-order valence-electron chi connectivity index (χ4n) is 1.98. The summed E-state index contributed by atoms with van der Waals surface area (Å²) in [6.45, 7) is 0. The van der Waals surface area contributed by atoms with Crippen LogP contribution in [-0.4, -0.2) is 13.4 Å². The number of hydrogen-bond acceptors (Lipinski definition) is 4. The van der Waals surface area contributed by atoms with Gasteiger partial charge in [0.1, 0.15) is 5.75 Å². The van der Waals surface area contributed by atoms with Gasteiger partial charge >= 0.3 is 0 Å². The van der Waals surface area contributed by atoms with Crippen LogP contribution >= 0.6 is 11.8 Å². The Labute approximate surface area is 118 Å². The van der Waals surface area contributed by atoms with Crippen molar-refractivity contribution in [2.24, 2.45) is 5.84 Å². The summed E-state index contributed by atoms with van der Waals surface area (Å²) in [6.07, 6.45) is 2.07. The van der Waals surface area contributed by atoms with Gasteiger partial charge in [0, 0.05) is 4.90 Å². The summed E-state index contributed by atoms with van der Waals surface area (Å²) >= 11 is 1.73. The minimum atomic E-state index is -0.0122. The van der Waals surface area contributed by atoms with E-state index < -0.39 is 0 Å². The molecule has 1 unspecified atom stereocenters. The molecular weight excluding hydrogens is 256 g/mol. The van der Waals surface area contributed by atoms with Crippen molar-refractivity contribution in [1.29, 1.82) is 0 Å². The minimum absolute atomic E-state index is 0.0122. The molecule has 0 radical (unpaired) electrons. The molecule has 0 aromatic heterocycles. The van der Waals surface area contributed by atoms with Crippen LogP contribution in [0.4, 0.5) is 0 Å². The highest BCUT2D eigenvalue weighted by Crippen LogP contribution is 2.25. The van der Waals surface area contributed by atoms with Crippen molar-refractivity contribution in [3.05, 3.63) is 59.7 Å². The van der Waals surface area contributed by atoms with Crippen molar-refractivity contribution >= 4 is 11.8 Å². The van der Waals surface area contributed by atoms with Gasteiger partial charge in [0.25, 0.3) is 0 Å². The van der Waals surface area contributed by atoms with Crippen LogP contribution in [0, 0.1) is 0 Å². The van der Waals surface area contributed by atoms with Crippen LogP contribution in [0.25, 0.3) is 0 Å². The molecule has 3 nitrogen and oxygen atoms in total. The molecule has 0 amide bonds. The van der Waals surface area contributed by atoms with Crippen LogP contribution in [-0.2, 0) is 0 Å². The van der Waals surface area contributed by atoms with Gasteiger partial charge in [0.15, 0.2) is 0 Å². The Morgan fingerprint density at radius 1 is 1.00 bits per heavy atom. The zero-order valence-electron chi connectivity index (χ0n) is 11.1. The lowest BCUT2D eigenvalue weighted by atomic mass is 9.99. The zero-order valence-corrected chi connectivity index (χ0v) is 11.9. The second-order valence-electron chi connectivity index (χ2n) is 4.15. The second kappa shape index (κ2) is 6.61. The third-order valence-electron chi connectivity index (χ3n) is 3.06. The van der Waals surface area contributed by atoms with E-state index >= 15 is 0 Å². The van der Waals surface area contributed by atoms with E-state index in [0.29, 0.717) is 0 Å². The number of ether oxygens (including phenoxy) is 1. The Balaban J connectivity index is 2.26. The molecule has 19 heavy (non-hydrogen) atoms. The molecule has 0 aliphatic carbocycles. The average Bonchev–Trinajstić information content (AvgIpc) is 2.49. The molecule has 2 aromatic rings. The lowest BCUT2D eigenvalue weighted by Crippen LogP contribution is -2.28. The molecule has 0 saturated carbocycles. The SMILES string of the molecule is COc1ccc(C(NN)c2ccc(SC)cc2)cc1. The molecule has 0 saturated heterocycles. The topological polar surface area (TPSA) is 47.3 Å². The van der Waals surface area contributed by atoms with Crippen LogP contribution in [0.15, 0.2) is 53.4 Å². The molecule has 0 bridgehead atoms. The van der Waals surface area contributed by atoms with E-state index in [1.54, 1.807) is 18.9 Å². The predicted molar refractivity (Wildman–Crippen MR) is 80.4 cm³/mol. The molecule has 0 aliphatic rings. The number of hydrogen-bond donors (Lipinski definition) is 2. The Bertz CT molecular complexity index is 463. The minimum Gasteiger partial charge on any atom is -0.497 e. The smallest absolute Gasteiger partial charge is 0.118 e. The van der Waals surface area contributed by atoms with E-state index in [2.05, 4.69) is 35.9 Å². The monoisotopic (exact) mass is 274 g/mol. The van der Waals surface area contributed by atoms with Crippen LogP contribution in [0.2, 0.25) is 0 Å². The van der Waals surface area contributed by atoms with Crippen LogP contribution in [0.3, 0.4) is 0 Å². The van der Waals surface area contributed by atoms with Gasteiger partial charge in [0.05, 0.1) is 13.2 Å². The molecule has 2 rings (SSSR count). The number of rotatable bonds is 5.